The normalized spacial score (nSPS) is 21.0. The van der Waals surface area contributed by atoms with Crippen molar-refractivity contribution in [1.82, 2.24) is 10.2 Å². The zero-order valence-electron chi connectivity index (χ0n) is 5.59. The van der Waals surface area contributed by atoms with Gasteiger partial charge in [0.15, 0.2) is 10.7 Å². The summed E-state index contributed by atoms with van der Waals surface area (Å²) in [7, 11) is 0. The molecule has 0 unspecified atom stereocenters. The molecule has 54 valence electrons. The largest absolute Gasteiger partial charge is 0.236 e. The van der Waals surface area contributed by atoms with Crippen LogP contribution in [-0.4, -0.2) is 10.2 Å². The molecule has 1 aromatic rings. The molecule has 0 atom stereocenters. The number of halogens is 1. The van der Waals surface area contributed by atoms with Gasteiger partial charge in [-0.15, -0.1) is 10.2 Å². The van der Waals surface area contributed by atoms with E-state index in [0.717, 1.165) is 5.01 Å². The lowest BCUT2D eigenvalue weighted by Gasteiger charge is -1.93. The van der Waals surface area contributed by atoms with E-state index in [1.54, 1.807) is 0 Å². The van der Waals surface area contributed by atoms with E-state index in [4.69, 9.17) is 0 Å². The summed E-state index contributed by atoms with van der Waals surface area (Å²) >= 11 is 1.36. The third-order valence-corrected chi connectivity index (χ3v) is 2.62. The number of aromatic nitrogens is 2. The molecule has 10 heavy (non-hydrogen) atoms. The summed E-state index contributed by atoms with van der Waals surface area (Å²) < 4.78 is 13.2. The Bertz CT molecular complexity index is 254. The van der Waals surface area contributed by atoms with Gasteiger partial charge in [-0.3, -0.25) is 0 Å². The fourth-order valence-electron chi connectivity index (χ4n) is 0.801. The second kappa shape index (κ2) is 1.75. The van der Waals surface area contributed by atoms with E-state index in [2.05, 4.69) is 10.2 Å². The molecule has 1 aromatic heterocycles. The Kier molecular flexibility index (Phi) is 1.09. The Hall–Kier alpha value is -0.510. The highest BCUT2D eigenvalue weighted by atomic mass is 32.1. The maximum Gasteiger partial charge on any atom is 0.164 e. The van der Waals surface area contributed by atoms with Gasteiger partial charge in [-0.25, -0.2) is 4.39 Å². The monoisotopic (exact) mass is 158 g/mol. The van der Waals surface area contributed by atoms with Crippen LogP contribution in [0.5, 0.6) is 0 Å². The Morgan fingerprint density at radius 2 is 2.20 bits per heavy atom. The predicted octanol–water partition coefficient (Wildman–Crippen LogP) is 1.81. The first kappa shape index (κ1) is 6.22. The lowest BCUT2D eigenvalue weighted by Crippen LogP contribution is -1.95. The van der Waals surface area contributed by atoms with Crippen LogP contribution in [-0.2, 0) is 5.67 Å². The fourth-order valence-corrected chi connectivity index (χ4v) is 1.63. The second-order valence-corrected chi connectivity index (χ2v) is 3.77. The van der Waals surface area contributed by atoms with Gasteiger partial charge in [0.2, 0.25) is 0 Å². The summed E-state index contributed by atoms with van der Waals surface area (Å²) in [6, 6.07) is 0. The van der Waals surface area contributed by atoms with Crippen molar-refractivity contribution in [2.75, 3.05) is 0 Å². The average molecular weight is 158 g/mol. The van der Waals surface area contributed by atoms with E-state index < -0.39 is 5.67 Å². The molecule has 4 heteroatoms. The Morgan fingerprint density at radius 1 is 1.50 bits per heavy atom. The van der Waals surface area contributed by atoms with Gasteiger partial charge in [0.25, 0.3) is 0 Å². The molecule has 1 aliphatic carbocycles. The molecular weight excluding hydrogens is 151 g/mol. The van der Waals surface area contributed by atoms with Crippen LogP contribution in [0, 0.1) is 6.92 Å². The number of hydrogen-bond acceptors (Lipinski definition) is 3. The summed E-state index contributed by atoms with van der Waals surface area (Å²) in [5.74, 6) is 0. The maximum atomic E-state index is 13.2. The first-order chi connectivity index (χ1) is 4.71. The van der Waals surface area contributed by atoms with Gasteiger partial charge in [0.05, 0.1) is 0 Å². The Morgan fingerprint density at radius 3 is 2.60 bits per heavy atom. The molecule has 0 radical (unpaired) electrons. The summed E-state index contributed by atoms with van der Waals surface area (Å²) in [5, 5.41) is 8.90. The topological polar surface area (TPSA) is 25.8 Å². The smallest absolute Gasteiger partial charge is 0.164 e. The minimum Gasteiger partial charge on any atom is -0.236 e. The molecule has 0 aliphatic heterocycles. The van der Waals surface area contributed by atoms with Crippen LogP contribution >= 0.6 is 11.3 Å². The quantitative estimate of drug-likeness (QED) is 0.622. The van der Waals surface area contributed by atoms with Crippen molar-refractivity contribution in [3.05, 3.63) is 10.0 Å². The molecule has 0 bridgehead atoms. The van der Waals surface area contributed by atoms with E-state index in [9.17, 15) is 4.39 Å². The van der Waals surface area contributed by atoms with Crippen LogP contribution in [0.25, 0.3) is 0 Å². The zero-order valence-corrected chi connectivity index (χ0v) is 6.41. The highest BCUT2D eigenvalue weighted by molar-refractivity contribution is 7.11. The van der Waals surface area contributed by atoms with E-state index >= 15 is 0 Å². The van der Waals surface area contributed by atoms with Gasteiger partial charge in [0, 0.05) is 0 Å². The van der Waals surface area contributed by atoms with E-state index in [1.807, 2.05) is 6.92 Å². The zero-order chi connectivity index (χ0) is 7.19. The summed E-state index contributed by atoms with van der Waals surface area (Å²) in [6.45, 7) is 1.84. The molecule has 2 nitrogen and oxygen atoms in total. The SMILES string of the molecule is Cc1nnc(C2(F)CC2)s1. The highest BCUT2D eigenvalue weighted by Crippen LogP contribution is 2.50. The molecule has 2 rings (SSSR count). The van der Waals surface area contributed by atoms with Crippen molar-refractivity contribution in [3.63, 3.8) is 0 Å². The first-order valence-electron chi connectivity index (χ1n) is 3.20. The van der Waals surface area contributed by atoms with Crippen LogP contribution in [0.3, 0.4) is 0 Å². The minimum absolute atomic E-state index is 0.560. The molecule has 1 heterocycles. The third-order valence-electron chi connectivity index (χ3n) is 1.60. The average Bonchev–Trinajstić information content (AvgIpc) is 2.45. The van der Waals surface area contributed by atoms with Crippen LogP contribution in [0.2, 0.25) is 0 Å². The second-order valence-electron chi connectivity index (χ2n) is 2.59. The third kappa shape index (κ3) is 0.831. The Labute approximate surface area is 62.1 Å². The number of nitrogens with zero attached hydrogens (tertiary/aromatic N) is 2. The summed E-state index contributed by atoms with van der Waals surface area (Å²) in [6.07, 6.45) is 1.25. The molecule has 0 spiro atoms. The van der Waals surface area contributed by atoms with Crippen molar-refractivity contribution in [2.24, 2.45) is 0 Å². The van der Waals surface area contributed by atoms with Gasteiger partial charge in [0.1, 0.15) is 5.01 Å². The minimum atomic E-state index is -1.09. The van der Waals surface area contributed by atoms with Crippen LogP contribution in [0.4, 0.5) is 4.39 Å². The lowest BCUT2D eigenvalue weighted by atomic mass is 10.4. The standard InChI is InChI=1S/C6H7FN2S/c1-4-8-9-5(10-4)6(7)2-3-6/h2-3H2,1H3. The van der Waals surface area contributed by atoms with Gasteiger partial charge < -0.3 is 0 Å². The lowest BCUT2D eigenvalue weighted by molar-refractivity contribution is 0.314. The van der Waals surface area contributed by atoms with Crippen molar-refractivity contribution < 1.29 is 4.39 Å². The summed E-state index contributed by atoms with van der Waals surface area (Å²) in [4.78, 5) is 0. The molecule has 0 saturated heterocycles. The molecule has 1 aliphatic rings. The van der Waals surface area contributed by atoms with Crippen molar-refractivity contribution in [2.45, 2.75) is 25.4 Å². The number of rotatable bonds is 1. The van der Waals surface area contributed by atoms with Gasteiger partial charge in [-0.1, -0.05) is 11.3 Å². The summed E-state index contributed by atoms with van der Waals surface area (Å²) in [5.41, 5.74) is -1.09. The van der Waals surface area contributed by atoms with Crippen LogP contribution in [0.15, 0.2) is 0 Å². The molecular formula is C6H7FN2S. The van der Waals surface area contributed by atoms with Crippen LogP contribution in [0.1, 0.15) is 22.9 Å². The predicted molar refractivity (Wildman–Crippen MR) is 36.7 cm³/mol. The number of alkyl halides is 1. The molecule has 1 fully saturated rings. The molecule has 0 aromatic carbocycles. The highest BCUT2D eigenvalue weighted by Gasteiger charge is 2.48. The van der Waals surface area contributed by atoms with Gasteiger partial charge >= 0.3 is 0 Å². The fraction of sp³-hybridized carbons (Fsp3) is 0.667. The van der Waals surface area contributed by atoms with E-state index in [-0.39, 0.29) is 0 Å². The number of aryl methyl sites for hydroxylation is 1. The van der Waals surface area contributed by atoms with Crippen LogP contribution < -0.4 is 0 Å². The molecule has 0 amide bonds. The van der Waals surface area contributed by atoms with Gasteiger partial charge in [-0.05, 0) is 19.8 Å². The van der Waals surface area contributed by atoms with Crippen molar-refractivity contribution in [3.8, 4) is 0 Å². The Balaban J connectivity index is 2.34. The van der Waals surface area contributed by atoms with Gasteiger partial charge in [-0.2, -0.15) is 0 Å². The number of hydrogen-bond donors (Lipinski definition) is 0. The molecule has 0 N–H and O–H groups in total. The van der Waals surface area contributed by atoms with E-state index in [1.165, 1.54) is 11.3 Å². The first-order valence-corrected chi connectivity index (χ1v) is 4.02. The molecule has 1 saturated carbocycles. The van der Waals surface area contributed by atoms with Crippen molar-refractivity contribution >= 4 is 11.3 Å². The van der Waals surface area contributed by atoms with Crippen molar-refractivity contribution in [1.29, 1.82) is 0 Å². The van der Waals surface area contributed by atoms with E-state index in [0.29, 0.717) is 17.8 Å². The maximum absolute atomic E-state index is 13.2.